The van der Waals surface area contributed by atoms with Crippen molar-refractivity contribution in [3.8, 4) is 0 Å². The number of nitrogens with zero attached hydrogens (tertiary/aromatic N) is 1. The molecule has 1 amide bonds. The highest BCUT2D eigenvalue weighted by molar-refractivity contribution is 5.90. The standard InChI is InChI=1S/C17H27N3O/c1-12-10-13(2)14(3)20(11-12)9-8-17(21)19-16-6-4-15(18)5-7-16/h4-7,12-14H,8-11,18H2,1-3H3,(H,19,21). The van der Waals surface area contributed by atoms with Crippen molar-refractivity contribution in [2.75, 3.05) is 24.1 Å². The first-order chi connectivity index (χ1) is 9.95. The Morgan fingerprint density at radius 1 is 1.29 bits per heavy atom. The highest BCUT2D eigenvalue weighted by Crippen LogP contribution is 2.26. The van der Waals surface area contributed by atoms with Gasteiger partial charge in [-0.3, -0.25) is 9.69 Å². The molecule has 3 unspecified atom stereocenters. The van der Waals surface area contributed by atoms with E-state index in [1.807, 2.05) is 12.1 Å². The van der Waals surface area contributed by atoms with Crippen molar-refractivity contribution < 1.29 is 4.79 Å². The van der Waals surface area contributed by atoms with Gasteiger partial charge in [-0.05, 0) is 49.4 Å². The van der Waals surface area contributed by atoms with Gasteiger partial charge >= 0.3 is 0 Å². The Labute approximate surface area is 127 Å². The van der Waals surface area contributed by atoms with Crippen LogP contribution in [0, 0.1) is 11.8 Å². The van der Waals surface area contributed by atoms with Gasteiger partial charge in [0.05, 0.1) is 0 Å². The van der Waals surface area contributed by atoms with Gasteiger partial charge in [-0.1, -0.05) is 13.8 Å². The van der Waals surface area contributed by atoms with Gasteiger partial charge < -0.3 is 11.1 Å². The van der Waals surface area contributed by atoms with Crippen LogP contribution in [0.15, 0.2) is 24.3 Å². The van der Waals surface area contributed by atoms with Gasteiger partial charge in [-0.15, -0.1) is 0 Å². The molecule has 4 heteroatoms. The average Bonchev–Trinajstić information content (AvgIpc) is 2.44. The van der Waals surface area contributed by atoms with Crippen LogP contribution >= 0.6 is 0 Å². The second-order valence-corrected chi connectivity index (χ2v) is 6.47. The fourth-order valence-electron chi connectivity index (χ4n) is 3.16. The molecule has 3 N–H and O–H groups in total. The van der Waals surface area contributed by atoms with Crippen molar-refractivity contribution in [1.29, 1.82) is 0 Å². The summed E-state index contributed by atoms with van der Waals surface area (Å²) >= 11 is 0. The quantitative estimate of drug-likeness (QED) is 0.838. The number of rotatable bonds is 4. The zero-order valence-corrected chi connectivity index (χ0v) is 13.3. The highest BCUT2D eigenvalue weighted by atomic mass is 16.1. The van der Waals surface area contributed by atoms with Crippen LogP contribution in [0.1, 0.15) is 33.6 Å². The highest BCUT2D eigenvalue weighted by Gasteiger charge is 2.28. The molecule has 1 aliphatic heterocycles. The van der Waals surface area contributed by atoms with E-state index >= 15 is 0 Å². The van der Waals surface area contributed by atoms with Gasteiger partial charge in [0, 0.05) is 36.9 Å². The Hall–Kier alpha value is -1.55. The molecule has 0 spiro atoms. The smallest absolute Gasteiger partial charge is 0.225 e. The summed E-state index contributed by atoms with van der Waals surface area (Å²) in [5.41, 5.74) is 7.15. The first-order valence-electron chi connectivity index (χ1n) is 7.85. The first-order valence-corrected chi connectivity index (χ1v) is 7.85. The number of likely N-dealkylation sites (tertiary alicyclic amines) is 1. The molecule has 2 rings (SSSR count). The summed E-state index contributed by atoms with van der Waals surface area (Å²) in [7, 11) is 0. The molecule has 0 radical (unpaired) electrons. The van der Waals surface area contributed by atoms with E-state index in [-0.39, 0.29) is 5.91 Å². The van der Waals surface area contributed by atoms with Gasteiger partial charge in [0.1, 0.15) is 0 Å². The SMILES string of the molecule is CC1CC(C)C(C)N(CCC(=O)Nc2ccc(N)cc2)C1. The van der Waals surface area contributed by atoms with Crippen molar-refractivity contribution in [1.82, 2.24) is 4.90 Å². The van der Waals surface area contributed by atoms with Crippen molar-refractivity contribution >= 4 is 17.3 Å². The predicted octanol–water partition coefficient (Wildman–Crippen LogP) is 2.96. The fraction of sp³-hybridized carbons (Fsp3) is 0.588. The fourth-order valence-corrected chi connectivity index (χ4v) is 3.16. The zero-order chi connectivity index (χ0) is 15.4. The topological polar surface area (TPSA) is 58.4 Å². The van der Waals surface area contributed by atoms with Crippen LogP contribution in [0.2, 0.25) is 0 Å². The molecule has 1 aromatic rings. The lowest BCUT2D eigenvalue weighted by Crippen LogP contribution is -2.46. The molecule has 116 valence electrons. The Morgan fingerprint density at radius 2 is 1.95 bits per heavy atom. The third-order valence-electron chi connectivity index (χ3n) is 4.54. The summed E-state index contributed by atoms with van der Waals surface area (Å²) in [4.78, 5) is 14.5. The maximum atomic E-state index is 12.0. The molecular weight excluding hydrogens is 262 g/mol. The average molecular weight is 289 g/mol. The number of nitrogen functional groups attached to an aromatic ring is 1. The number of nitrogens with two attached hydrogens (primary N) is 1. The summed E-state index contributed by atoms with van der Waals surface area (Å²) < 4.78 is 0. The monoisotopic (exact) mass is 289 g/mol. The molecule has 0 aromatic heterocycles. The second-order valence-electron chi connectivity index (χ2n) is 6.47. The molecule has 0 bridgehead atoms. The molecule has 1 aliphatic rings. The van der Waals surface area contributed by atoms with E-state index in [4.69, 9.17) is 5.73 Å². The maximum Gasteiger partial charge on any atom is 0.225 e. The number of amides is 1. The van der Waals surface area contributed by atoms with Crippen LogP contribution < -0.4 is 11.1 Å². The number of hydrogen-bond acceptors (Lipinski definition) is 3. The van der Waals surface area contributed by atoms with Gasteiger partial charge in [-0.25, -0.2) is 0 Å². The third-order valence-corrected chi connectivity index (χ3v) is 4.54. The van der Waals surface area contributed by atoms with Crippen LogP contribution in [0.5, 0.6) is 0 Å². The summed E-state index contributed by atoms with van der Waals surface area (Å²) in [6.45, 7) is 8.80. The van der Waals surface area contributed by atoms with E-state index in [2.05, 4.69) is 31.0 Å². The third kappa shape index (κ3) is 4.46. The van der Waals surface area contributed by atoms with E-state index in [1.165, 1.54) is 6.42 Å². The van der Waals surface area contributed by atoms with Crippen molar-refractivity contribution in [2.45, 2.75) is 39.7 Å². The minimum atomic E-state index is 0.0675. The minimum Gasteiger partial charge on any atom is -0.399 e. The number of carbonyl (C=O) groups excluding carboxylic acids is 1. The Bertz CT molecular complexity index is 471. The van der Waals surface area contributed by atoms with Crippen LogP contribution in [0.25, 0.3) is 0 Å². The van der Waals surface area contributed by atoms with Crippen molar-refractivity contribution in [3.63, 3.8) is 0 Å². The molecule has 1 aromatic carbocycles. The van der Waals surface area contributed by atoms with E-state index in [0.717, 1.165) is 24.7 Å². The van der Waals surface area contributed by atoms with Crippen molar-refractivity contribution in [2.24, 2.45) is 11.8 Å². The van der Waals surface area contributed by atoms with Crippen LogP contribution in [0.4, 0.5) is 11.4 Å². The van der Waals surface area contributed by atoms with E-state index < -0.39 is 0 Å². The Kier molecular flexibility index (Phi) is 5.23. The van der Waals surface area contributed by atoms with Gasteiger partial charge in [0.25, 0.3) is 0 Å². The van der Waals surface area contributed by atoms with Gasteiger partial charge in [0.2, 0.25) is 5.91 Å². The van der Waals surface area contributed by atoms with Crippen LogP contribution in [-0.4, -0.2) is 29.9 Å². The molecule has 21 heavy (non-hydrogen) atoms. The molecular formula is C17H27N3O. The number of anilines is 2. The van der Waals surface area contributed by atoms with E-state index in [9.17, 15) is 4.79 Å². The maximum absolute atomic E-state index is 12.0. The lowest BCUT2D eigenvalue weighted by atomic mass is 9.86. The number of carbonyl (C=O) groups is 1. The second kappa shape index (κ2) is 6.94. The Morgan fingerprint density at radius 3 is 2.62 bits per heavy atom. The first kappa shape index (κ1) is 15.8. The number of piperidine rings is 1. The number of benzene rings is 1. The molecule has 3 atom stereocenters. The largest absolute Gasteiger partial charge is 0.399 e. The zero-order valence-electron chi connectivity index (χ0n) is 13.3. The molecule has 1 heterocycles. The Balaban J connectivity index is 1.81. The summed E-state index contributed by atoms with van der Waals surface area (Å²) in [5.74, 6) is 1.49. The molecule has 1 fully saturated rings. The van der Waals surface area contributed by atoms with Gasteiger partial charge in [-0.2, -0.15) is 0 Å². The van der Waals surface area contributed by atoms with Gasteiger partial charge in [0.15, 0.2) is 0 Å². The molecule has 1 saturated heterocycles. The van der Waals surface area contributed by atoms with Crippen LogP contribution in [0.3, 0.4) is 0 Å². The van der Waals surface area contributed by atoms with E-state index in [1.54, 1.807) is 12.1 Å². The molecule has 4 nitrogen and oxygen atoms in total. The summed E-state index contributed by atoms with van der Waals surface area (Å²) in [6, 6.07) is 7.82. The lowest BCUT2D eigenvalue weighted by molar-refractivity contribution is -0.116. The van der Waals surface area contributed by atoms with E-state index in [0.29, 0.717) is 24.1 Å². The number of hydrogen-bond donors (Lipinski definition) is 2. The number of nitrogens with one attached hydrogen (secondary N) is 1. The summed E-state index contributed by atoms with van der Waals surface area (Å²) in [6.07, 6.45) is 1.82. The molecule has 0 saturated carbocycles. The lowest BCUT2D eigenvalue weighted by Gasteiger charge is -2.41. The molecule has 0 aliphatic carbocycles. The van der Waals surface area contributed by atoms with Crippen LogP contribution in [-0.2, 0) is 4.79 Å². The predicted molar refractivity (Wildman–Crippen MR) is 88.1 cm³/mol. The van der Waals surface area contributed by atoms with Crippen molar-refractivity contribution in [3.05, 3.63) is 24.3 Å². The minimum absolute atomic E-state index is 0.0675. The normalized spacial score (nSPS) is 26.5. The summed E-state index contributed by atoms with van der Waals surface area (Å²) in [5, 5.41) is 2.92.